The number of hydrogen-bond donors (Lipinski definition) is 1. The van der Waals surface area contributed by atoms with Crippen molar-refractivity contribution in [1.29, 1.82) is 0 Å². The monoisotopic (exact) mass is 250 g/mol. The maximum atomic E-state index is 10.9. The fourth-order valence-electron chi connectivity index (χ4n) is 2.13. The zero-order valence-electron chi connectivity index (χ0n) is 11.8. The second-order valence-corrected chi connectivity index (χ2v) is 6.11. The summed E-state index contributed by atoms with van der Waals surface area (Å²) in [5, 5.41) is 10.9. The Labute approximate surface area is 108 Å². The van der Waals surface area contributed by atoms with Gasteiger partial charge in [0.1, 0.15) is 0 Å². The minimum Gasteiger partial charge on any atom is -0.324 e. The largest absolute Gasteiger partial charge is 0.324 e. The van der Waals surface area contributed by atoms with Crippen LogP contribution in [0.15, 0.2) is 12.1 Å². The minimum absolute atomic E-state index is 0.102. The maximum Gasteiger partial charge on any atom is 0.270 e. The molecule has 0 aliphatic rings. The standard InChI is InChI=1S/C14H22N2O2/c1-9-6-11(16(17)18)7-12(10(9)2)13(15)8-14(3,4)5/h6-7,13H,8,15H2,1-5H3. The molecule has 1 atom stereocenters. The third-order valence-corrected chi connectivity index (χ3v) is 3.13. The molecule has 0 heterocycles. The fourth-order valence-corrected chi connectivity index (χ4v) is 2.13. The summed E-state index contributed by atoms with van der Waals surface area (Å²) in [6.45, 7) is 10.2. The van der Waals surface area contributed by atoms with Crippen molar-refractivity contribution < 1.29 is 4.92 Å². The van der Waals surface area contributed by atoms with Gasteiger partial charge in [-0.2, -0.15) is 0 Å². The number of nitro groups is 1. The van der Waals surface area contributed by atoms with Crippen LogP contribution in [0.3, 0.4) is 0 Å². The Hall–Kier alpha value is -1.42. The predicted octanol–water partition coefficient (Wildman–Crippen LogP) is 3.65. The summed E-state index contributed by atoms with van der Waals surface area (Å²) in [6.07, 6.45) is 0.800. The van der Waals surface area contributed by atoms with Gasteiger partial charge >= 0.3 is 0 Å². The van der Waals surface area contributed by atoms with E-state index in [0.717, 1.165) is 23.1 Å². The molecule has 100 valence electrons. The van der Waals surface area contributed by atoms with Crippen LogP contribution in [0.4, 0.5) is 5.69 Å². The van der Waals surface area contributed by atoms with E-state index in [4.69, 9.17) is 5.73 Å². The molecule has 2 N–H and O–H groups in total. The van der Waals surface area contributed by atoms with E-state index in [2.05, 4.69) is 20.8 Å². The quantitative estimate of drug-likeness (QED) is 0.657. The second-order valence-electron chi connectivity index (χ2n) is 6.11. The molecule has 0 amide bonds. The van der Waals surface area contributed by atoms with Gasteiger partial charge in [-0.05, 0) is 42.4 Å². The van der Waals surface area contributed by atoms with Crippen LogP contribution in [-0.4, -0.2) is 4.92 Å². The van der Waals surface area contributed by atoms with Gasteiger partial charge in [0, 0.05) is 18.2 Å². The molecule has 4 nitrogen and oxygen atoms in total. The average Bonchev–Trinajstić information content (AvgIpc) is 2.18. The van der Waals surface area contributed by atoms with Crippen LogP contribution in [0, 0.1) is 29.4 Å². The molecule has 0 bridgehead atoms. The highest BCUT2D eigenvalue weighted by atomic mass is 16.6. The molecule has 0 saturated carbocycles. The van der Waals surface area contributed by atoms with Gasteiger partial charge in [0.25, 0.3) is 5.69 Å². The molecule has 0 spiro atoms. The van der Waals surface area contributed by atoms with Crippen molar-refractivity contribution in [2.45, 2.75) is 47.1 Å². The summed E-state index contributed by atoms with van der Waals surface area (Å²) in [6, 6.07) is 3.05. The van der Waals surface area contributed by atoms with Gasteiger partial charge in [-0.15, -0.1) is 0 Å². The van der Waals surface area contributed by atoms with E-state index in [1.165, 1.54) is 0 Å². The highest BCUT2D eigenvalue weighted by molar-refractivity contribution is 5.46. The number of non-ortho nitro benzene ring substituents is 1. The van der Waals surface area contributed by atoms with Crippen molar-refractivity contribution >= 4 is 5.69 Å². The molecule has 1 rings (SSSR count). The number of nitro benzene ring substituents is 1. The van der Waals surface area contributed by atoms with E-state index in [0.29, 0.717) is 0 Å². The van der Waals surface area contributed by atoms with Crippen molar-refractivity contribution in [1.82, 2.24) is 0 Å². The van der Waals surface area contributed by atoms with Gasteiger partial charge in [-0.1, -0.05) is 20.8 Å². The molecule has 0 aromatic heterocycles. The Morgan fingerprint density at radius 1 is 1.33 bits per heavy atom. The van der Waals surface area contributed by atoms with Crippen LogP contribution in [0.2, 0.25) is 0 Å². The van der Waals surface area contributed by atoms with Gasteiger partial charge in [0.2, 0.25) is 0 Å². The van der Waals surface area contributed by atoms with Crippen molar-refractivity contribution in [3.8, 4) is 0 Å². The van der Waals surface area contributed by atoms with Crippen molar-refractivity contribution in [3.63, 3.8) is 0 Å². The van der Waals surface area contributed by atoms with Crippen LogP contribution < -0.4 is 5.73 Å². The Morgan fingerprint density at radius 2 is 1.89 bits per heavy atom. The first kappa shape index (κ1) is 14.6. The molecule has 0 fully saturated rings. The van der Waals surface area contributed by atoms with Crippen molar-refractivity contribution in [2.75, 3.05) is 0 Å². The number of nitrogens with two attached hydrogens (primary N) is 1. The normalized spacial score (nSPS) is 13.4. The van der Waals surface area contributed by atoms with Gasteiger partial charge in [0.05, 0.1) is 4.92 Å². The van der Waals surface area contributed by atoms with E-state index in [9.17, 15) is 10.1 Å². The van der Waals surface area contributed by atoms with Crippen LogP contribution in [0.1, 0.15) is 49.9 Å². The Morgan fingerprint density at radius 3 is 2.33 bits per heavy atom. The van der Waals surface area contributed by atoms with Crippen LogP contribution >= 0.6 is 0 Å². The molecule has 0 aliphatic heterocycles. The van der Waals surface area contributed by atoms with Gasteiger partial charge in [-0.3, -0.25) is 10.1 Å². The molecule has 1 unspecified atom stereocenters. The number of benzene rings is 1. The van der Waals surface area contributed by atoms with E-state index >= 15 is 0 Å². The zero-order chi connectivity index (χ0) is 14.1. The lowest BCUT2D eigenvalue weighted by Crippen LogP contribution is -2.20. The van der Waals surface area contributed by atoms with Crippen LogP contribution in [0.25, 0.3) is 0 Å². The molecule has 1 aromatic carbocycles. The number of rotatable bonds is 3. The molecular formula is C14H22N2O2. The molecule has 0 radical (unpaired) electrons. The fraction of sp³-hybridized carbons (Fsp3) is 0.571. The van der Waals surface area contributed by atoms with Gasteiger partial charge < -0.3 is 5.73 Å². The topological polar surface area (TPSA) is 69.2 Å². The summed E-state index contributed by atoms with van der Waals surface area (Å²) in [5.41, 5.74) is 9.28. The molecular weight excluding hydrogens is 228 g/mol. The second kappa shape index (κ2) is 5.06. The SMILES string of the molecule is Cc1cc([N+](=O)[O-])cc(C(N)CC(C)(C)C)c1C. The number of nitrogens with zero attached hydrogens (tertiary/aromatic N) is 1. The van der Waals surface area contributed by atoms with E-state index in [-0.39, 0.29) is 22.1 Å². The molecule has 0 aliphatic carbocycles. The highest BCUT2D eigenvalue weighted by Gasteiger charge is 2.21. The maximum absolute atomic E-state index is 10.9. The van der Waals surface area contributed by atoms with Crippen LogP contribution in [0.5, 0.6) is 0 Å². The Balaban J connectivity index is 3.18. The van der Waals surface area contributed by atoms with E-state index < -0.39 is 0 Å². The first-order valence-electron chi connectivity index (χ1n) is 6.13. The van der Waals surface area contributed by atoms with Crippen molar-refractivity contribution in [2.24, 2.45) is 11.1 Å². The lowest BCUT2D eigenvalue weighted by Gasteiger charge is -2.24. The predicted molar refractivity (Wildman–Crippen MR) is 73.6 cm³/mol. The van der Waals surface area contributed by atoms with Gasteiger partial charge in [0.15, 0.2) is 0 Å². The smallest absolute Gasteiger partial charge is 0.270 e. The highest BCUT2D eigenvalue weighted by Crippen LogP contribution is 2.32. The molecule has 18 heavy (non-hydrogen) atoms. The molecule has 1 aromatic rings. The van der Waals surface area contributed by atoms with Crippen LogP contribution in [-0.2, 0) is 0 Å². The number of aryl methyl sites for hydroxylation is 1. The van der Waals surface area contributed by atoms with Crippen molar-refractivity contribution in [3.05, 3.63) is 38.9 Å². The average molecular weight is 250 g/mol. The summed E-state index contributed by atoms with van der Waals surface area (Å²) in [4.78, 5) is 10.5. The first-order chi connectivity index (χ1) is 8.11. The third kappa shape index (κ3) is 3.53. The molecule has 4 heteroatoms. The molecule has 0 saturated heterocycles. The summed E-state index contributed by atoms with van der Waals surface area (Å²) in [7, 11) is 0. The Kier molecular flexibility index (Phi) is 4.12. The lowest BCUT2D eigenvalue weighted by atomic mass is 9.84. The van der Waals surface area contributed by atoms with E-state index in [1.54, 1.807) is 12.1 Å². The first-order valence-corrected chi connectivity index (χ1v) is 6.13. The number of hydrogen-bond acceptors (Lipinski definition) is 3. The third-order valence-electron chi connectivity index (χ3n) is 3.13. The summed E-state index contributed by atoms with van der Waals surface area (Å²) >= 11 is 0. The van der Waals surface area contributed by atoms with Gasteiger partial charge in [-0.25, -0.2) is 0 Å². The summed E-state index contributed by atoms with van der Waals surface area (Å²) < 4.78 is 0. The minimum atomic E-state index is -0.361. The lowest BCUT2D eigenvalue weighted by molar-refractivity contribution is -0.385. The zero-order valence-corrected chi connectivity index (χ0v) is 11.8. The summed E-state index contributed by atoms with van der Waals surface area (Å²) in [5.74, 6) is 0. The van der Waals surface area contributed by atoms with E-state index in [1.807, 2.05) is 13.8 Å². The Bertz CT molecular complexity index is 462.